The van der Waals surface area contributed by atoms with Crippen LogP contribution in [0.4, 0.5) is 18.9 Å². The molecule has 230 valence electrons. The van der Waals surface area contributed by atoms with Gasteiger partial charge in [-0.1, -0.05) is 24.6 Å². The Morgan fingerprint density at radius 3 is 2.45 bits per heavy atom. The van der Waals surface area contributed by atoms with Crippen molar-refractivity contribution in [3.05, 3.63) is 59.4 Å². The van der Waals surface area contributed by atoms with Crippen LogP contribution in [0.3, 0.4) is 0 Å². The minimum atomic E-state index is -4.49. The summed E-state index contributed by atoms with van der Waals surface area (Å²) in [6.07, 6.45) is 2.47. The van der Waals surface area contributed by atoms with Crippen molar-refractivity contribution in [3.8, 4) is 0 Å². The number of carbonyl (C=O) groups excluding carboxylic acids is 4. The minimum absolute atomic E-state index is 0.0914. The summed E-state index contributed by atoms with van der Waals surface area (Å²) in [6.45, 7) is 2.04. The van der Waals surface area contributed by atoms with Gasteiger partial charge in [-0.25, -0.2) is 0 Å². The number of hydrogen-bond acceptors (Lipinski definition) is 5. The van der Waals surface area contributed by atoms with Crippen LogP contribution in [0.5, 0.6) is 0 Å². The van der Waals surface area contributed by atoms with Gasteiger partial charge in [-0.3, -0.25) is 34.1 Å². The number of halogens is 3. The normalized spacial score (nSPS) is 26.5. The first kappa shape index (κ1) is 28.7. The third-order valence-corrected chi connectivity index (χ3v) is 10.6. The molecule has 3 fully saturated rings. The van der Waals surface area contributed by atoms with Crippen LogP contribution in [0, 0.1) is 11.3 Å². The first-order valence-electron chi connectivity index (χ1n) is 15.3. The van der Waals surface area contributed by atoms with Crippen LogP contribution >= 0.6 is 0 Å². The SMILES string of the molecule is CC1(n2cc(Cc3ccc4c5c(cccc35)C(=O)N4C3CCC(=O)NC3=O)cn2)CCC(C(=O)C2(C(F)(F)F)CCC2)CC1. The predicted octanol–water partition coefficient (Wildman–Crippen LogP) is 5.60. The Bertz CT molecular complexity index is 1720. The van der Waals surface area contributed by atoms with E-state index in [0.717, 1.165) is 21.9 Å². The van der Waals surface area contributed by atoms with Crippen molar-refractivity contribution in [1.82, 2.24) is 15.1 Å². The van der Waals surface area contributed by atoms with E-state index >= 15 is 0 Å². The second-order valence-electron chi connectivity index (χ2n) is 13.2. The van der Waals surface area contributed by atoms with E-state index in [4.69, 9.17) is 0 Å². The predicted molar refractivity (Wildman–Crippen MR) is 155 cm³/mol. The highest BCUT2D eigenvalue weighted by molar-refractivity contribution is 6.27. The first-order valence-corrected chi connectivity index (χ1v) is 15.3. The van der Waals surface area contributed by atoms with Crippen LogP contribution < -0.4 is 10.2 Å². The molecule has 8 nitrogen and oxygen atoms in total. The van der Waals surface area contributed by atoms with E-state index in [2.05, 4.69) is 10.4 Å². The molecule has 2 aliphatic carbocycles. The van der Waals surface area contributed by atoms with Crippen LogP contribution in [0.2, 0.25) is 0 Å². The summed E-state index contributed by atoms with van der Waals surface area (Å²) in [6, 6.07) is 8.59. The molecule has 2 aliphatic heterocycles. The third kappa shape index (κ3) is 4.29. The van der Waals surface area contributed by atoms with Gasteiger partial charge in [-0.15, -0.1) is 0 Å². The summed E-state index contributed by atoms with van der Waals surface area (Å²) in [4.78, 5) is 52.3. The Kier molecular flexibility index (Phi) is 6.53. The van der Waals surface area contributed by atoms with E-state index in [0.29, 0.717) is 49.8 Å². The first-order chi connectivity index (χ1) is 20.9. The number of amides is 3. The number of anilines is 1. The van der Waals surface area contributed by atoms with Crippen molar-refractivity contribution in [2.24, 2.45) is 11.3 Å². The molecule has 3 heterocycles. The summed E-state index contributed by atoms with van der Waals surface area (Å²) in [5, 5.41) is 8.66. The summed E-state index contributed by atoms with van der Waals surface area (Å²) >= 11 is 0. The smallest absolute Gasteiger partial charge is 0.298 e. The molecular weight excluding hydrogens is 573 g/mol. The molecule has 2 saturated carbocycles. The van der Waals surface area contributed by atoms with Gasteiger partial charge in [0.15, 0.2) is 5.78 Å². The molecule has 4 aliphatic rings. The summed E-state index contributed by atoms with van der Waals surface area (Å²) in [5.41, 5.74) is 0.558. The van der Waals surface area contributed by atoms with Gasteiger partial charge in [0.05, 0.1) is 17.4 Å². The van der Waals surface area contributed by atoms with Crippen LogP contribution in [-0.2, 0) is 26.3 Å². The average molecular weight is 607 g/mol. The maximum absolute atomic E-state index is 13.8. The van der Waals surface area contributed by atoms with Crippen LogP contribution in [0.1, 0.15) is 86.2 Å². The van der Waals surface area contributed by atoms with E-state index in [1.54, 1.807) is 12.3 Å². The quantitative estimate of drug-likeness (QED) is 0.368. The largest absolute Gasteiger partial charge is 0.401 e. The molecule has 1 aromatic heterocycles. The van der Waals surface area contributed by atoms with Gasteiger partial charge in [0.2, 0.25) is 11.8 Å². The fourth-order valence-electron chi connectivity index (χ4n) is 7.75. The molecule has 1 saturated heterocycles. The van der Waals surface area contributed by atoms with Crippen molar-refractivity contribution in [2.75, 3.05) is 4.90 Å². The van der Waals surface area contributed by atoms with Gasteiger partial charge in [0.25, 0.3) is 5.91 Å². The monoisotopic (exact) mass is 606 g/mol. The zero-order chi connectivity index (χ0) is 31.0. The van der Waals surface area contributed by atoms with E-state index in [-0.39, 0.29) is 37.5 Å². The molecule has 2 aromatic carbocycles. The number of hydrogen-bond donors (Lipinski definition) is 1. The van der Waals surface area contributed by atoms with Crippen molar-refractivity contribution in [2.45, 2.75) is 88.9 Å². The van der Waals surface area contributed by atoms with E-state index in [1.807, 2.05) is 42.1 Å². The lowest BCUT2D eigenvalue weighted by atomic mass is 9.60. The molecule has 3 aromatic rings. The maximum atomic E-state index is 13.8. The van der Waals surface area contributed by atoms with Gasteiger partial charge < -0.3 is 0 Å². The molecule has 1 unspecified atom stereocenters. The van der Waals surface area contributed by atoms with E-state index in [1.165, 1.54) is 4.90 Å². The van der Waals surface area contributed by atoms with E-state index in [9.17, 15) is 32.3 Å². The summed E-state index contributed by atoms with van der Waals surface area (Å²) < 4.78 is 43.2. The second kappa shape index (κ2) is 10.0. The van der Waals surface area contributed by atoms with Crippen molar-refractivity contribution >= 4 is 40.0 Å². The summed E-state index contributed by atoms with van der Waals surface area (Å²) in [7, 11) is 0. The highest BCUT2D eigenvalue weighted by Gasteiger charge is 2.64. The van der Waals surface area contributed by atoms with Crippen molar-refractivity contribution in [3.63, 3.8) is 0 Å². The standard InChI is InChI=1S/C33H33F3N4O4/c1-31(14-10-20(11-15-31)28(42)32(12-3-13-32)33(34,35)36)39-18-19(17-37-39)16-21-6-7-24-27-22(21)4-2-5-23(27)30(44)40(24)25-8-9-26(41)38-29(25)43/h2,4-7,17-18,20,25H,3,8-16H2,1H3,(H,38,41,43). The van der Waals surface area contributed by atoms with Crippen LogP contribution in [0.25, 0.3) is 10.8 Å². The van der Waals surface area contributed by atoms with Gasteiger partial charge in [-0.05, 0) is 80.5 Å². The number of benzene rings is 2. The number of nitrogens with one attached hydrogen (secondary N) is 1. The topological polar surface area (TPSA) is 101 Å². The zero-order valence-corrected chi connectivity index (χ0v) is 24.4. The fourth-order valence-corrected chi connectivity index (χ4v) is 7.75. The Labute approximate surface area is 252 Å². The number of carbonyl (C=O) groups is 4. The molecule has 7 rings (SSSR count). The Morgan fingerprint density at radius 1 is 1.05 bits per heavy atom. The summed E-state index contributed by atoms with van der Waals surface area (Å²) in [5.74, 6) is -2.26. The number of aromatic nitrogens is 2. The number of rotatable bonds is 6. The Hall–Kier alpha value is -4.02. The second-order valence-corrected chi connectivity index (χ2v) is 13.2. The average Bonchev–Trinajstić information content (AvgIpc) is 3.53. The number of nitrogens with zero attached hydrogens (tertiary/aromatic N) is 3. The molecule has 0 spiro atoms. The molecule has 0 radical (unpaired) electrons. The van der Waals surface area contributed by atoms with Crippen molar-refractivity contribution < 1.29 is 32.3 Å². The van der Waals surface area contributed by atoms with Crippen molar-refractivity contribution in [1.29, 1.82) is 0 Å². The van der Waals surface area contributed by atoms with Gasteiger partial charge in [-0.2, -0.15) is 18.3 Å². The Morgan fingerprint density at radius 2 is 1.80 bits per heavy atom. The van der Waals surface area contributed by atoms with E-state index < -0.39 is 40.8 Å². The lowest BCUT2D eigenvalue weighted by Crippen LogP contribution is -2.53. The molecule has 1 atom stereocenters. The molecule has 3 amide bonds. The number of imide groups is 1. The number of piperidine rings is 1. The van der Waals surface area contributed by atoms with Gasteiger partial charge in [0, 0.05) is 35.9 Å². The highest BCUT2D eigenvalue weighted by Crippen LogP contribution is 2.56. The minimum Gasteiger partial charge on any atom is -0.298 e. The van der Waals surface area contributed by atoms with Gasteiger partial charge >= 0.3 is 6.18 Å². The number of ketones is 1. The maximum Gasteiger partial charge on any atom is 0.401 e. The third-order valence-electron chi connectivity index (χ3n) is 10.6. The zero-order valence-electron chi connectivity index (χ0n) is 24.4. The molecule has 44 heavy (non-hydrogen) atoms. The molecule has 11 heteroatoms. The molecular formula is C33H33F3N4O4. The van der Waals surface area contributed by atoms with Gasteiger partial charge in [0.1, 0.15) is 11.5 Å². The lowest BCUT2D eigenvalue weighted by Gasteiger charge is -2.45. The van der Waals surface area contributed by atoms with Crippen LogP contribution in [-0.4, -0.2) is 45.5 Å². The van der Waals surface area contributed by atoms with Crippen LogP contribution in [0.15, 0.2) is 42.7 Å². The fraction of sp³-hybridized carbons (Fsp3) is 0.485. The highest BCUT2D eigenvalue weighted by atomic mass is 19.4. The number of Topliss-reactive ketones (excluding diaryl/α,β-unsaturated/α-hetero) is 1. The number of alkyl halides is 3. The Balaban J connectivity index is 1.09. The molecule has 1 N–H and O–H groups in total. The lowest BCUT2D eigenvalue weighted by molar-refractivity contribution is -0.244. The molecule has 0 bridgehead atoms.